The molecule has 5 heteroatoms. The van der Waals surface area contributed by atoms with Crippen molar-refractivity contribution in [3.63, 3.8) is 0 Å². The first-order valence-corrected chi connectivity index (χ1v) is 5.16. The number of aryl methyl sites for hydroxylation is 1. The smallest absolute Gasteiger partial charge is 0.223 e. The van der Waals surface area contributed by atoms with E-state index < -0.39 is 0 Å². The van der Waals surface area contributed by atoms with Gasteiger partial charge in [-0.25, -0.2) is 9.97 Å². The highest BCUT2D eigenvalue weighted by molar-refractivity contribution is 7.99. The predicted octanol–water partition coefficient (Wildman–Crippen LogP) is 1.91. The van der Waals surface area contributed by atoms with E-state index in [1.807, 2.05) is 19.9 Å². The van der Waals surface area contributed by atoms with Crippen molar-refractivity contribution in [2.24, 2.45) is 0 Å². The van der Waals surface area contributed by atoms with Crippen LogP contribution in [0.5, 0.6) is 0 Å². The van der Waals surface area contributed by atoms with Gasteiger partial charge >= 0.3 is 0 Å². The van der Waals surface area contributed by atoms with E-state index in [0.29, 0.717) is 0 Å². The normalized spacial score (nSPS) is 12.9. The highest BCUT2D eigenvalue weighted by atomic mass is 35.5. The van der Waals surface area contributed by atoms with Crippen LogP contribution in [0.1, 0.15) is 12.6 Å². The van der Waals surface area contributed by atoms with Crippen LogP contribution in [0.15, 0.2) is 11.1 Å². The molecule has 0 saturated carbocycles. The van der Waals surface area contributed by atoms with Gasteiger partial charge in [-0.15, -0.1) is 11.8 Å². The quantitative estimate of drug-likeness (QED) is 0.478. The van der Waals surface area contributed by atoms with Crippen LogP contribution in [0.25, 0.3) is 0 Å². The first-order chi connectivity index (χ1) is 6.11. The summed E-state index contributed by atoms with van der Waals surface area (Å²) in [5, 5.41) is 10.0. The molecule has 0 bridgehead atoms. The van der Waals surface area contributed by atoms with E-state index in [0.717, 1.165) is 10.7 Å². The maximum atomic E-state index is 8.84. The Kier molecular flexibility index (Phi) is 3.96. The van der Waals surface area contributed by atoms with E-state index in [4.69, 9.17) is 16.7 Å². The number of thioether (sulfide) groups is 1. The largest absolute Gasteiger partial charge is 0.395 e. The van der Waals surface area contributed by atoms with Crippen LogP contribution in [-0.2, 0) is 0 Å². The molecular weight excluding hydrogens is 208 g/mol. The maximum Gasteiger partial charge on any atom is 0.223 e. The summed E-state index contributed by atoms with van der Waals surface area (Å²) in [6.07, 6.45) is 0. The summed E-state index contributed by atoms with van der Waals surface area (Å²) in [6.45, 7) is 3.92. The molecule has 0 saturated heterocycles. The van der Waals surface area contributed by atoms with Crippen LogP contribution < -0.4 is 0 Å². The first-order valence-electron chi connectivity index (χ1n) is 3.90. The lowest BCUT2D eigenvalue weighted by atomic mass is 10.5. The molecule has 1 aromatic heterocycles. The highest BCUT2D eigenvalue weighted by Gasteiger charge is 2.05. The Morgan fingerprint density at radius 2 is 2.31 bits per heavy atom. The van der Waals surface area contributed by atoms with Crippen LogP contribution in [0, 0.1) is 6.92 Å². The Bertz CT molecular complexity index is 275. The molecule has 1 N–H and O–H groups in total. The summed E-state index contributed by atoms with van der Waals surface area (Å²) in [5.74, 6) is 0. The minimum Gasteiger partial charge on any atom is -0.395 e. The topological polar surface area (TPSA) is 46.0 Å². The third kappa shape index (κ3) is 3.50. The Hall–Kier alpha value is -0.320. The second-order valence-electron chi connectivity index (χ2n) is 2.73. The highest BCUT2D eigenvalue weighted by Crippen LogP contribution is 2.22. The molecule has 0 fully saturated rings. The van der Waals surface area contributed by atoms with Crippen LogP contribution in [0.2, 0.25) is 5.28 Å². The van der Waals surface area contributed by atoms with Gasteiger partial charge in [-0.3, -0.25) is 0 Å². The fraction of sp³-hybridized carbons (Fsp3) is 0.500. The van der Waals surface area contributed by atoms with E-state index in [-0.39, 0.29) is 17.1 Å². The maximum absolute atomic E-state index is 8.84. The van der Waals surface area contributed by atoms with Crippen LogP contribution in [-0.4, -0.2) is 26.9 Å². The molecule has 0 amide bonds. The molecule has 13 heavy (non-hydrogen) atoms. The zero-order chi connectivity index (χ0) is 9.84. The number of aliphatic hydroxyl groups is 1. The summed E-state index contributed by atoms with van der Waals surface area (Å²) < 4.78 is 0. The van der Waals surface area contributed by atoms with Crippen LogP contribution >= 0.6 is 23.4 Å². The molecular formula is C8H11ClN2OS. The summed E-state index contributed by atoms with van der Waals surface area (Å²) in [5.41, 5.74) is 0.840. The van der Waals surface area contributed by atoms with Gasteiger partial charge in [-0.2, -0.15) is 0 Å². The standard InChI is InChI=1S/C8H11ClN2OS/c1-5-3-7(11-8(9)10-5)13-6(2)4-12/h3,6,12H,4H2,1-2H3. The molecule has 0 aromatic carbocycles. The third-order valence-corrected chi connectivity index (χ3v) is 2.55. The van der Waals surface area contributed by atoms with Crippen molar-refractivity contribution in [3.05, 3.63) is 17.0 Å². The number of aromatic nitrogens is 2. The Labute approximate surface area is 86.6 Å². The van der Waals surface area contributed by atoms with Crippen molar-refractivity contribution < 1.29 is 5.11 Å². The molecule has 1 atom stereocenters. The van der Waals surface area contributed by atoms with E-state index in [1.165, 1.54) is 11.8 Å². The van der Waals surface area contributed by atoms with Crippen molar-refractivity contribution in [1.29, 1.82) is 0 Å². The molecule has 0 aliphatic rings. The fourth-order valence-corrected chi connectivity index (χ4v) is 1.95. The number of rotatable bonds is 3. The van der Waals surface area contributed by atoms with Crippen molar-refractivity contribution in [1.82, 2.24) is 9.97 Å². The van der Waals surface area contributed by atoms with Crippen molar-refractivity contribution in [2.45, 2.75) is 24.1 Å². The van der Waals surface area contributed by atoms with Crippen molar-refractivity contribution in [3.8, 4) is 0 Å². The predicted molar refractivity (Wildman–Crippen MR) is 54.2 cm³/mol. The average molecular weight is 219 g/mol. The average Bonchev–Trinajstić information content (AvgIpc) is 2.02. The van der Waals surface area contributed by atoms with Gasteiger partial charge in [0.2, 0.25) is 5.28 Å². The Balaban J connectivity index is 2.77. The van der Waals surface area contributed by atoms with Gasteiger partial charge in [0.05, 0.1) is 6.61 Å². The van der Waals surface area contributed by atoms with Gasteiger partial charge < -0.3 is 5.11 Å². The lowest BCUT2D eigenvalue weighted by Crippen LogP contribution is -2.02. The summed E-state index contributed by atoms with van der Waals surface area (Å²) in [4.78, 5) is 7.97. The van der Waals surface area contributed by atoms with Crippen LogP contribution in [0.3, 0.4) is 0 Å². The number of aliphatic hydroxyl groups excluding tert-OH is 1. The number of halogens is 1. The second-order valence-corrected chi connectivity index (χ2v) is 4.52. The monoisotopic (exact) mass is 218 g/mol. The second kappa shape index (κ2) is 4.79. The van der Waals surface area contributed by atoms with Gasteiger partial charge in [0.15, 0.2) is 0 Å². The fourth-order valence-electron chi connectivity index (χ4n) is 0.808. The summed E-state index contributed by atoms with van der Waals surface area (Å²) in [6, 6.07) is 1.85. The minimum absolute atomic E-state index is 0.130. The third-order valence-electron chi connectivity index (χ3n) is 1.38. The van der Waals surface area contributed by atoms with E-state index >= 15 is 0 Å². The van der Waals surface area contributed by atoms with Gasteiger partial charge in [0, 0.05) is 10.9 Å². The lowest BCUT2D eigenvalue weighted by Gasteiger charge is -2.06. The SMILES string of the molecule is Cc1cc(SC(C)CO)nc(Cl)n1. The number of nitrogens with zero attached hydrogens (tertiary/aromatic N) is 2. The molecule has 1 aromatic rings. The number of hydrogen-bond acceptors (Lipinski definition) is 4. The molecule has 0 aliphatic heterocycles. The molecule has 0 radical (unpaired) electrons. The summed E-state index contributed by atoms with van der Waals surface area (Å²) in [7, 11) is 0. The molecule has 1 rings (SSSR count). The molecule has 0 aliphatic carbocycles. The lowest BCUT2D eigenvalue weighted by molar-refractivity contribution is 0.300. The van der Waals surface area contributed by atoms with E-state index in [9.17, 15) is 0 Å². The van der Waals surface area contributed by atoms with E-state index in [2.05, 4.69) is 9.97 Å². The first kappa shape index (κ1) is 10.8. The van der Waals surface area contributed by atoms with Crippen molar-refractivity contribution >= 4 is 23.4 Å². The number of hydrogen-bond donors (Lipinski definition) is 1. The zero-order valence-electron chi connectivity index (χ0n) is 7.49. The van der Waals surface area contributed by atoms with Gasteiger partial charge in [0.25, 0.3) is 0 Å². The molecule has 72 valence electrons. The van der Waals surface area contributed by atoms with Crippen molar-refractivity contribution in [2.75, 3.05) is 6.61 Å². The molecule has 0 spiro atoms. The molecule has 3 nitrogen and oxygen atoms in total. The zero-order valence-corrected chi connectivity index (χ0v) is 9.06. The molecule has 1 unspecified atom stereocenters. The van der Waals surface area contributed by atoms with E-state index in [1.54, 1.807) is 0 Å². The van der Waals surface area contributed by atoms with Gasteiger partial charge in [-0.05, 0) is 24.6 Å². The van der Waals surface area contributed by atoms with Gasteiger partial charge in [-0.1, -0.05) is 6.92 Å². The molecule has 1 heterocycles. The summed E-state index contributed by atoms with van der Waals surface area (Å²) >= 11 is 7.17. The van der Waals surface area contributed by atoms with Gasteiger partial charge in [0.1, 0.15) is 5.03 Å². The Morgan fingerprint density at radius 1 is 1.62 bits per heavy atom. The Morgan fingerprint density at radius 3 is 2.85 bits per heavy atom. The van der Waals surface area contributed by atoms with Crippen LogP contribution in [0.4, 0.5) is 0 Å². The minimum atomic E-state index is 0.130.